The van der Waals surface area contributed by atoms with E-state index in [1.165, 1.54) is 0 Å². The molecule has 0 saturated carbocycles. The first kappa shape index (κ1) is 19.2. The van der Waals surface area contributed by atoms with Crippen LogP contribution in [0.15, 0.2) is 79.0 Å². The molecule has 1 N–H and O–H groups in total. The Morgan fingerprint density at radius 3 is 2.39 bits per heavy atom. The Hall–Kier alpha value is -3.77. The molecule has 0 unspecified atom stereocenters. The lowest BCUT2D eigenvalue weighted by Gasteiger charge is -2.27. The summed E-state index contributed by atoms with van der Waals surface area (Å²) in [5.41, 5.74) is 5.24. The van der Waals surface area contributed by atoms with Gasteiger partial charge in [-0.05, 0) is 47.5 Å². The van der Waals surface area contributed by atoms with Crippen LogP contribution >= 0.6 is 0 Å². The van der Waals surface area contributed by atoms with E-state index in [9.17, 15) is 4.79 Å². The maximum atomic E-state index is 12.3. The van der Waals surface area contributed by atoms with Gasteiger partial charge in [0.15, 0.2) is 0 Å². The molecule has 1 aliphatic heterocycles. The summed E-state index contributed by atoms with van der Waals surface area (Å²) in [7, 11) is 0. The van der Waals surface area contributed by atoms with E-state index >= 15 is 0 Å². The molecule has 1 fully saturated rings. The Bertz CT molecular complexity index is 1200. The molecule has 6 heteroatoms. The van der Waals surface area contributed by atoms with Crippen LogP contribution in [0.3, 0.4) is 0 Å². The molecule has 1 saturated heterocycles. The highest BCUT2D eigenvalue weighted by Gasteiger charge is 2.13. The Morgan fingerprint density at radius 1 is 0.871 bits per heavy atom. The van der Waals surface area contributed by atoms with Gasteiger partial charge in [-0.3, -0.25) is 9.78 Å². The molecule has 0 spiro atoms. The number of carbonyl (C=O) groups excluding carboxylic acids is 1. The zero-order chi connectivity index (χ0) is 21.0. The fraction of sp³-hybridized carbons (Fsp3) is 0.160. The van der Waals surface area contributed by atoms with Gasteiger partial charge in [-0.2, -0.15) is 0 Å². The number of hydrogen-bond acceptors (Lipinski definition) is 5. The lowest BCUT2D eigenvalue weighted by Crippen LogP contribution is -2.36. The quantitative estimate of drug-likeness (QED) is 0.541. The second kappa shape index (κ2) is 8.53. The molecule has 6 nitrogen and oxygen atoms in total. The van der Waals surface area contributed by atoms with Gasteiger partial charge in [0.2, 0.25) is 0 Å². The fourth-order valence-electron chi connectivity index (χ4n) is 3.66. The molecule has 2 heterocycles. The number of anilines is 2. The van der Waals surface area contributed by atoms with Gasteiger partial charge >= 0.3 is 0 Å². The summed E-state index contributed by atoms with van der Waals surface area (Å²) in [6, 6.07) is 23.1. The number of aromatic nitrogens is 2. The van der Waals surface area contributed by atoms with Gasteiger partial charge in [-0.1, -0.05) is 36.4 Å². The summed E-state index contributed by atoms with van der Waals surface area (Å²) in [5.74, 6) is 0.761. The second-order valence-corrected chi connectivity index (χ2v) is 7.43. The Labute approximate surface area is 180 Å². The van der Waals surface area contributed by atoms with Gasteiger partial charge in [0.25, 0.3) is 5.91 Å². The number of benzene rings is 3. The monoisotopic (exact) mass is 410 g/mol. The zero-order valence-electron chi connectivity index (χ0n) is 17.0. The molecule has 154 valence electrons. The van der Waals surface area contributed by atoms with E-state index in [0.717, 1.165) is 46.8 Å². The minimum atomic E-state index is -0.120. The molecule has 0 atom stereocenters. The second-order valence-electron chi connectivity index (χ2n) is 7.43. The summed E-state index contributed by atoms with van der Waals surface area (Å²) in [4.78, 5) is 23.9. The van der Waals surface area contributed by atoms with E-state index in [-0.39, 0.29) is 5.91 Å². The van der Waals surface area contributed by atoms with Crippen molar-refractivity contribution < 1.29 is 9.53 Å². The number of nitrogens with zero attached hydrogens (tertiary/aromatic N) is 3. The van der Waals surface area contributed by atoms with Crippen LogP contribution in [0.1, 0.15) is 10.4 Å². The zero-order valence-corrected chi connectivity index (χ0v) is 17.0. The van der Waals surface area contributed by atoms with Crippen molar-refractivity contribution in [2.24, 2.45) is 0 Å². The highest BCUT2D eigenvalue weighted by atomic mass is 16.5. The van der Waals surface area contributed by atoms with Gasteiger partial charge in [-0.15, -0.1) is 0 Å². The first-order chi connectivity index (χ1) is 15.3. The van der Waals surface area contributed by atoms with Crippen molar-refractivity contribution in [3.63, 3.8) is 0 Å². The average molecular weight is 410 g/mol. The van der Waals surface area contributed by atoms with Crippen molar-refractivity contribution in [1.29, 1.82) is 0 Å². The molecule has 4 aromatic rings. The Kier molecular flexibility index (Phi) is 5.29. The highest BCUT2D eigenvalue weighted by molar-refractivity contribution is 6.04. The van der Waals surface area contributed by atoms with Crippen molar-refractivity contribution in [2.45, 2.75) is 0 Å². The van der Waals surface area contributed by atoms with Crippen LogP contribution < -0.4 is 10.2 Å². The number of nitrogens with one attached hydrogen (secondary N) is 1. The van der Waals surface area contributed by atoms with Crippen LogP contribution in [0.4, 0.5) is 11.5 Å². The van der Waals surface area contributed by atoms with Gasteiger partial charge in [0, 0.05) is 24.3 Å². The van der Waals surface area contributed by atoms with E-state index in [1.807, 2.05) is 60.8 Å². The minimum absolute atomic E-state index is 0.120. The first-order valence-electron chi connectivity index (χ1n) is 10.3. The normalized spacial score (nSPS) is 13.9. The third-order valence-electron chi connectivity index (χ3n) is 5.38. The minimum Gasteiger partial charge on any atom is -0.378 e. The molecular weight excluding hydrogens is 388 g/mol. The lowest BCUT2D eigenvalue weighted by molar-refractivity contribution is 0.102. The van der Waals surface area contributed by atoms with E-state index in [2.05, 4.69) is 21.3 Å². The largest absolute Gasteiger partial charge is 0.378 e. The van der Waals surface area contributed by atoms with Crippen molar-refractivity contribution in [3.8, 4) is 11.1 Å². The van der Waals surface area contributed by atoms with Crippen LogP contribution in [0, 0.1) is 0 Å². The number of fused-ring (bicyclic) bond motifs is 1. The standard InChI is InChI=1S/C25H22N4O2/c30-25(19-4-2-1-3-5-19)27-21-9-6-18(7-10-21)20-8-11-22-23(16-20)28-24(17-26-22)29-12-14-31-15-13-29/h1-11,16-17H,12-15H2,(H,27,30). The number of ether oxygens (including phenoxy) is 1. The maximum Gasteiger partial charge on any atom is 0.255 e. The summed E-state index contributed by atoms with van der Waals surface area (Å²) < 4.78 is 5.43. The van der Waals surface area contributed by atoms with Crippen molar-refractivity contribution in [3.05, 3.63) is 84.6 Å². The van der Waals surface area contributed by atoms with Gasteiger partial charge in [0.1, 0.15) is 5.82 Å². The van der Waals surface area contributed by atoms with E-state index in [1.54, 1.807) is 12.1 Å². The lowest BCUT2D eigenvalue weighted by atomic mass is 10.0. The predicted octanol–water partition coefficient (Wildman–Crippen LogP) is 4.39. The van der Waals surface area contributed by atoms with E-state index in [0.29, 0.717) is 18.8 Å². The molecule has 0 aliphatic carbocycles. The molecule has 3 aromatic carbocycles. The molecule has 0 radical (unpaired) electrons. The molecule has 5 rings (SSSR count). The van der Waals surface area contributed by atoms with E-state index < -0.39 is 0 Å². The maximum absolute atomic E-state index is 12.3. The molecule has 31 heavy (non-hydrogen) atoms. The third-order valence-corrected chi connectivity index (χ3v) is 5.38. The van der Waals surface area contributed by atoms with Crippen molar-refractivity contribution in [1.82, 2.24) is 9.97 Å². The van der Waals surface area contributed by atoms with Crippen LogP contribution in [0.25, 0.3) is 22.2 Å². The molecule has 0 bridgehead atoms. The van der Waals surface area contributed by atoms with Crippen LogP contribution in [0.5, 0.6) is 0 Å². The molecule has 1 aliphatic rings. The average Bonchev–Trinajstić information content (AvgIpc) is 2.85. The van der Waals surface area contributed by atoms with E-state index in [4.69, 9.17) is 9.72 Å². The fourth-order valence-corrected chi connectivity index (χ4v) is 3.66. The van der Waals surface area contributed by atoms with Gasteiger partial charge in [0.05, 0.1) is 30.4 Å². The van der Waals surface area contributed by atoms with Crippen LogP contribution in [0.2, 0.25) is 0 Å². The number of hydrogen-bond donors (Lipinski definition) is 1. The number of rotatable bonds is 4. The van der Waals surface area contributed by atoms with Crippen LogP contribution in [-0.2, 0) is 4.74 Å². The number of carbonyl (C=O) groups is 1. The molecule has 1 aromatic heterocycles. The van der Waals surface area contributed by atoms with Gasteiger partial charge in [-0.25, -0.2) is 4.98 Å². The summed E-state index contributed by atoms with van der Waals surface area (Å²) in [6.07, 6.45) is 1.83. The smallest absolute Gasteiger partial charge is 0.255 e. The Morgan fingerprint density at radius 2 is 1.61 bits per heavy atom. The van der Waals surface area contributed by atoms with Crippen molar-refractivity contribution in [2.75, 3.05) is 36.5 Å². The summed E-state index contributed by atoms with van der Waals surface area (Å²) in [5, 5.41) is 2.93. The first-order valence-corrected chi connectivity index (χ1v) is 10.3. The summed E-state index contributed by atoms with van der Waals surface area (Å²) in [6.45, 7) is 3.09. The predicted molar refractivity (Wildman–Crippen MR) is 122 cm³/mol. The SMILES string of the molecule is O=C(Nc1ccc(-c2ccc3ncc(N4CCOCC4)nc3c2)cc1)c1ccccc1. The van der Waals surface area contributed by atoms with Crippen LogP contribution in [-0.4, -0.2) is 42.2 Å². The Balaban J connectivity index is 1.36. The number of morpholine rings is 1. The molecule has 1 amide bonds. The topological polar surface area (TPSA) is 67.4 Å². The number of amides is 1. The summed E-state index contributed by atoms with van der Waals surface area (Å²) >= 11 is 0. The third kappa shape index (κ3) is 4.25. The molecular formula is C25H22N4O2. The van der Waals surface area contributed by atoms with Crippen molar-refractivity contribution >= 4 is 28.4 Å². The highest BCUT2D eigenvalue weighted by Crippen LogP contribution is 2.26. The van der Waals surface area contributed by atoms with Gasteiger partial charge < -0.3 is 15.0 Å².